The van der Waals surface area contributed by atoms with E-state index in [0.29, 0.717) is 13.1 Å². The van der Waals surface area contributed by atoms with Gasteiger partial charge in [0.15, 0.2) is 0 Å². The van der Waals surface area contributed by atoms with Crippen molar-refractivity contribution in [2.24, 2.45) is 23.9 Å². The number of aryl methyl sites for hydroxylation is 2. The van der Waals surface area contributed by atoms with E-state index in [1.807, 2.05) is 25.6 Å². The van der Waals surface area contributed by atoms with Gasteiger partial charge in [-0.3, -0.25) is 9.48 Å². The maximum atomic E-state index is 11.5. The second-order valence-electron chi connectivity index (χ2n) is 5.31. The lowest BCUT2D eigenvalue weighted by atomic mass is 9.89. The van der Waals surface area contributed by atoms with Gasteiger partial charge in [0.25, 0.3) is 0 Å². The summed E-state index contributed by atoms with van der Waals surface area (Å²) in [6.45, 7) is 5.77. The van der Waals surface area contributed by atoms with Crippen molar-refractivity contribution in [2.45, 2.75) is 26.8 Å². The highest BCUT2D eigenvalue weighted by Gasteiger charge is 2.40. The molecular weight excluding hydrogens is 230 g/mol. The number of carbonyl (C=O) groups excluding carboxylic acids is 1. The van der Waals surface area contributed by atoms with Crippen LogP contribution in [0.5, 0.6) is 0 Å². The second-order valence-corrected chi connectivity index (χ2v) is 5.31. The van der Waals surface area contributed by atoms with Crippen molar-refractivity contribution >= 4 is 11.7 Å². The number of anilines is 1. The van der Waals surface area contributed by atoms with Crippen molar-refractivity contribution in [3.8, 4) is 0 Å². The largest absolute Gasteiger partial charge is 0.369 e. The molecule has 0 spiro atoms. The van der Waals surface area contributed by atoms with Gasteiger partial charge in [-0.1, -0.05) is 0 Å². The molecule has 0 aliphatic carbocycles. The zero-order chi connectivity index (χ0) is 13.5. The van der Waals surface area contributed by atoms with E-state index in [1.165, 1.54) is 0 Å². The molecule has 1 aromatic rings. The minimum Gasteiger partial charge on any atom is -0.369 e. The van der Waals surface area contributed by atoms with E-state index < -0.39 is 5.41 Å². The molecule has 2 rings (SSSR count). The van der Waals surface area contributed by atoms with E-state index in [9.17, 15) is 4.79 Å². The lowest BCUT2D eigenvalue weighted by molar-refractivity contribution is -0.125. The Bertz CT molecular complexity index is 481. The summed E-state index contributed by atoms with van der Waals surface area (Å²) in [6.07, 6.45) is 0.774. The molecule has 1 unspecified atom stereocenters. The monoisotopic (exact) mass is 251 g/mol. The van der Waals surface area contributed by atoms with Crippen LogP contribution in [0.25, 0.3) is 0 Å². The number of hydrogen-bond donors (Lipinski definition) is 2. The fourth-order valence-corrected chi connectivity index (χ4v) is 2.67. The van der Waals surface area contributed by atoms with Gasteiger partial charge in [0, 0.05) is 32.2 Å². The SMILES string of the molecule is Cc1nn(C)c(N2CCC(C)(C(N)=O)C2)c1CN. The van der Waals surface area contributed by atoms with Gasteiger partial charge < -0.3 is 16.4 Å². The zero-order valence-corrected chi connectivity index (χ0v) is 11.2. The highest BCUT2D eigenvalue weighted by atomic mass is 16.1. The topological polar surface area (TPSA) is 90.2 Å². The van der Waals surface area contributed by atoms with Gasteiger partial charge in [-0.05, 0) is 20.3 Å². The number of hydrogen-bond acceptors (Lipinski definition) is 4. The van der Waals surface area contributed by atoms with Gasteiger partial charge in [0.05, 0.1) is 11.1 Å². The van der Waals surface area contributed by atoms with Crippen LogP contribution in [0.4, 0.5) is 5.82 Å². The normalized spacial score (nSPS) is 23.7. The first-order chi connectivity index (χ1) is 8.39. The van der Waals surface area contributed by atoms with Crippen LogP contribution < -0.4 is 16.4 Å². The van der Waals surface area contributed by atoms with Gasteiger partial charge in [0.1, 0.15) is 5.82 Å². The number of nitrogens with two attached hydrogens (primary N) is 2. The number of nitrogens with zero attached hydrogens (tertiary/aromatic N) is 3. The molecular formula is C12H21N5O. The van der Waals surface area contributed by atoms with E-state index in [1.54, 1.807) is 0 Å². The molecule has 1 fully saturated rings. The predicted molar refractivity (Wildman–Crippen MR) is 70.0 cm³/mol. The maximum absolute atomic E-state index is 11.5. The summed E-state index contributed by atoms with van der Waals surface area (Å²) < 4.78 is 1.84. The van der Waals surface area contributed by atoms with E-state index in [0.717, 1.165) is 30.0 Å². The first kappa shape index (κ1) is 12.9. The third-order valence-corrected chi connectivity index (χ3v) is 3.89. The molecule has 6 nitrogen and oxygen atoms in total. The molecule has 6 heteroatoms. The standard InChI is InChI=1S/C12H21N5O/c1-8-9(6-13)10(16(3)15-8)17-5-4-12(2,7-17)11(14)18/h4-7,13H2,1-3H3,(H2,14,18). The quantitative estimate of drug-likeness (QED) is 0.784. The zero-order valence-electron chi connectivity index (χ0n) is 11.2. The molecule has 1 aromatic heterocycles. The molecule has 1 aliphatic rings. The van der Waals surface area contributed by atoms with Crippen molar-refractivity contribution in [3.05, 3.63) is 11.3 Å². The summed E-state index contributed by atoms with van der Waals surface area (Å²) in [4.78, 5) is 13.7. The molecule has 18 heavy (non-hydrogen) atoms. The highest BCUT2D eigenvalue weighted by Crippen LogP contribution is 2.34. The molecule has 0 aromatic carbocycles. The Morgan fingerprint density at radius 3 is 2.72 bits per heavy atom. The number of primary amides is 1. The molecule has 4 N–H and O–H groups in total. The molecule has 1 amide bonds. The maximum Gasteiger partial charge on any atom is 0.225 e. The molecule has 100 valence electrons. The third kappa shape index (κ3) is 1.86. The molecule has 0 radical (unpaired) electrons. The first-order valence-corrected chi connectivity index (χ1v) is 6.16. The predicted octanol–water partition coefficient (Wildman–Crippen LogP) is -0.111. The van der Waals surface area contributed by atoms with Gasteiger partial charge in [-0.15, -0.1) is 0 Å². The highest BCUT2D eigenvalue weighted by molar-refractivity contribution is 5.82. The minimum atomic E-state index is -0.454. The smallest absolute Gasteiger partial charge is 0.225 e. The fourth-order valence-electron chi connectivity index (χ4n) is 2.67. The Hall–Kier alpha value is -1.56. The van der Waals surface area contributed by atoms with Crippen LogP contribution in [0.1, 0.15) is 24.6 Å². The lowest BCUT2D eigenvalue weighted by Gasteiger charge is -2.23. The van der Waals surface area contributed by atoms with Gasteiger partial charge in [-0.2, -0.15) is 5.10 Å². The summed E-state index contributed by atoms with van der Waals surface area (Å²) in [7, 11) is 1.90. The Labute approximate surface area is 107 Å². The van der Waals surface area contributed by atoms with E-state index in [4.69, 9.17) is 11.5 Å². The van der Waals surface area contributed by atoms with E-state index >= 15 is 0 Å². The summed E-state index contributed by atoms with van der Waals surface area (Å²) >= 11 is 0. The van der Waals surface area contributed by atoms with Crippen molar-refractivity contribution in [2.75, 3.05) is 18.0 Å². The van der Waals surface area contributed by atoms with Crippen molar-refractivity contribution in [1.29, 1.82) is 0 Å². The first-order valence-electron chi connectivity index (χ1n) is 6.16. The molecule has 0 bridgehead atoms. The van der Waals surface area contributed by atoms with Crippen molar-refractivity contribution in [1.82, 2.24) is 9.78 Å². The minimum absolute atomic E-state index is 0.238. The number of carbonyl (C=O) groups is 1. The Morgan fingerprint density at radius 2 is 2.22 bits per heavy atom. The summed E-state index contributed by atoms with van der Waals surface area (Å²) in [6, 6.07) is 0. The van der Waals surface area contributed by atoms with Gasteiger partial charge in [0.2, 0.25) is 5.91 Å². The number of rotatable bonds is 3. The van der Waals surface area contributed by atoms with Crippen LogP contribution in [0.3, 0.4) is 0 Å². The summed E-state index contributed by atoms with van der Waals surface area (Å²) in [5, 5.41) is 4.40. The average Bonchev–Trinajstić information content (AvgIpc) is 2.80. The second kappa shape index (κ2) is 4.28. The molecule has 1 saturated heterocycles. The van der Waals surface area contributed by atoms with Crippen LogP contribution in [-0.2, 0) is 18.4 Å². The van der Waals surface area contributed by atoms with Gasteiger partial charge >= 0.3 is 0 Å². The summed E-state index contributed by atoms with van der Waals surface area (Å²) in [5.41, 5.74) is 12.8. The summed E-state index contributed by atoms with van der Waals surface area (Å²) in [5.74, 6) is 0.776. The molecule has 1 atom stereocenters. The Morgan fingerprint density at radius 1 is 1.56 bits per heavy atom. The average molecular weight is 251 g/mol. The lowest BCUT2D eigenvalue weighted by Crippen LogP contribution is -2.37. The fraction of sp³-hybridized carbons (Fsp3) is 0.667. The van der Waals surface area contributed by atoms with Crippen LogP contribution in [0, 0.1) is 12.3 Å². The third-order valence-electron chi connectivity index (χ3n) is 3.89. The molecule has 1 aliphatic heterocycles. The Balaban J connectivity index is 2.32. The number of amides is 1. The van der Waals surface area contributed by atoms with Crippen LogP contribution in [0.2, 0.25) is 0 Å². The molecule has 0 saturated carbocycles. The van der Waals surface area contributed by atoms with Crippen LogP contribution in [0.15, 0.2) is 0 Å². The molecule has 2 heterocycles. The van der Waals surface area contributed by atoms with E-state index in [2.05, 4.69) is 10.00 Å². The van der Waals surface area contributed by atoms with Crippen molar-refractivity contribution in [3.63, 3.8) is 0 Å². The van der Waals surface area contributed by atoms with Crippen LogP contribution in [-0.4, -0.2) is 28.8 Å². The van der Waals surface area contributed by atoms with E-state index in [-0.39, 0.29) is 5.91 Å². The van der Waals surface area contributed by atoms with Crippen LogP contribution >= 0.6 is 0 Å². The van der Waals surface area contributed by atoms with Gasteiger partial charge in [-0.25, -0.2) is 0 Å². The van der Waals surface area contributed by atoms with Crippen molar-refractivity contribution < 1.29 is 4.79 Å². The Kier molecular flexibility index (Phi) is 3.06. The number of aromatic nitrogens is 2.